The molecule has 180 valence electrons. The molecule has 0 aromatic rings. The van der Waals surface area contributed by atoms with E-state index in [1.807, 2.05) is 19.2 Å². The lowest BCUT2D eigenvalue weighted by atomic mass is 10.1. The van der Waals surface area contributed by atoms with E-state index in [9.17, 15) is 19.5 Å². The summed E-state index contributed by atoms with van der Waals surface area (Å²) in [5.41, 5.74) is -1.47. The van der Waals surface area contributed by atoms with Crippen LogP contribution in [0.25, 0.3) is 0 Å². The summed E-state index contributed by atoms with van der Waals surface area (Å²) in [5.74, 6) is -2.00. The molecule has 0 saturated carbocycles. The van der Waals surface area contributed by atoms with Crippen LogP contribution in [-0.4, -0.2) is 66.5 Å². The van der Waals surface area contributed by atoms with Gasteiger partial charge in [-0.1, -0.05) is 24.6 Å². The first-order chi connectivity index (χ1) is 15.3. The molecule has 0 spiro atoms. The average molecular weight is 455 g/mol. The molecule has 32 heavy (non-hydrogen) atoms. The van der Waals surface area contributed by atoms with Gasteiger partial charge in [-0.15, -0.1) is 0 Å². The van der Waals surface area contributed by atoms with E-state index in [0.717, 1.165) is 32.4 Å². The fourth-order valence-corrected chi connectivity index (χ4v) is 3.12. The predicted molar refractivity (Wildman–Crippen MR) is 116 cm³/mol. The number of unbranched alkanes of at least 4 members (excludes halogenated alkanes) is 1. The second-order valence-corrected chi connectivity index (χ2v) is 7.87. The van der Waals surface area contributed by atoms with E-state index in [1.165, 1.54) is 6.92 Å². The highest BCUT2D eigenvalue weighted by Gasteiger charge is 2.38. The van der Waals surface area contributed by atoms with E-state index in [2.05, 4.69) is 31.7 Å². The summed E-state index contributed by atoms with van der Waals surface area (Å²) < 4.78 is 4.92. The zero-order valence-corrected chi connectivity index (χ0v) is 18.6. The summed E-state index contributed by atoms with van der Waals surface area (Å²) in [6.45, 7) is 4.88. The smallest absolute Gasteiger partial charge is 0.409 e. The quantitative estimate of drug-likeness (QED) is 0.170. The van der Waals surface area contributed by atoms with Gasteiger partial charge in [0.05, 0.1) is 18.7 Å². The summed E-state index contributed by atoms with van der Waals surface area (Å²) in [5, 5.41) is 27.7. The third kappa shape index (κ3) is 8.71. The second kappa shape index (κ2) is 12.9. The minimum absolute atomic E-state index is 0.0427. The molecule has 0 fully saturated rings. The van der Waals surface area contributed by atoms with Crippen molar-refractivity contribution in [2.24, 2.45) is 5.16 Å². The van der Waals surface area contributed by atoms with Crippen molar-refractivity contribution in [1.82, 2.24) is 26.6 Å². The maximum atomic E-state index is 12.4. The number of hydrogen-bond donors (Lipinski definition) is 6. The van der Waals surface area contributed by atoms with Gasteiger partial charge in [-0.3, -0.25) is 20.7 Å². The summed E-state index contributed by atoms with van der Waals surface area (Å²) in [6.07, 6.45) is 6.40. The Morgan fingerprint density at radius 1 is 1.34 bits per heavy atom. The van der Waals surface area contributed by atoms with Crippen molar-refractivity contribution in [3.8, 4) is 0 Å². The van der Waals surface area contributed by atoms with Crippen molar-refractivity contribution in [3.05, 3.63) is 12.3 Å². The number of ether oxygens (including phenoxy) is 1. The number of hydrogen-bond acceptors (Lipinski definition) is 9. The Kier molecular flexibility index (Phi) is 10.2. The van der Waals surface area contributed by atoms with Crippen molar-refractivity contribution in [3.63, 3.8) is 0 Å². The van der Waals surface area contributed by atoms with Gasteiger partial charge in [0.15, 0.2) is 0 Å². The number of alkyl carbamates (subject to hydrolysis) is 1. The summed E-state index contributed by atoms with van der Waals surface area (Å²) >= 11 is 0. The maximum Gasteiger partial charge on any atom is 0.409 e. The number of nitrogens with zero attached hydrogens (tertiary/aromatic N) is 1. The Morgan fingerprint density at radius 2 is 2.16 bits per heavy atom. The van der Waals surface area contributed by atoms with Crippen LogP contribution < -0.4 is 26.6 Å². The molecular weight excluding hydrogens is 420 g/mol. The highest BCUT2D eigenvalue weighted by atomic mass is 16.6. The molecule has 0 aliphatic carbocycles. The fourth-order valence-electron chi connectivity index (χ4n) is 3.12. The van der Waals surface area contributed by atoms with E-state index >= 15 is 0 Å². The molecule has 0 radical (unpaired) electrons. The van der Waals surface area contributed by atoms with Gasteiger partial charge in [-0.2, -0.15) is 0 Å². The molecule has 0 bridgehead atoms. The van der Waals surface area contributed by atoms with Crippen LogP contribution in [0.2, 0.25) is 0 Å². The first-order valence-corrected chi connectivity index (χ1v) is 10.9. The van der Waals surface area contributed by atoms with Crippen LogP contribution in [-0.2, 0) is 19.2 Å². The van der Waals surface area contributed by atoms with Crippen LogP contribution in [0.3, 0.4) is 0 Å². The highest BCUT2D eigenvalue weighted by Crippen LogP contribution is 2.17. The number of oxime groups is 1. The summed E-state index contributed by atoms with van der Waals surface area (Å²) in [7, 11) is 0. The predicted octanol–water partition coefficient (Wildman–Crippen LogP) is 0.325. The van der Waals surface area contributed by atoms with Gasteiger partial charge >= 0.3 is 12.1 Å². The molecule has 2 aliphatic heterocycles. The summed E-state index contributed by atoms with van der Waals surface area (Å²) in [6, 6.07) is 0. The van der Waals surface area contributed by atoms with Crippen LogP contribution in [0.15, 0.2) is 17.4 Å². The minimum atomic E-state index is -2.00. The van der Waals surface area contributed by atoms with Crippen LogP contribution in [0.1, 0.15) is 52.4 Å². The molecular formula is C20H34N6O6. The largest absolute Gasteiger partial charge is 0.478 e. The summed E-state index contributed by atoms with van der Waals surface area (Å²) in [4.78, 5) is 41.2. The van der Waals surface area contributed by atoms with Crippen molar-refractivity contribution in [2.45, 2.75) is 70.4 Å². The highest BCUT2D eigenvalue weighted by molar-refractivity contribution is 6.03. The van der Waals surface area contributed by atoms with Gasteiger partial charge in [0.25, 0.3) is 0 Å². The molecule has 2 heterocycles. The van der Waals surface area contributed by atoms with Crippen LogP contribution in [0.5, 0.6) is 0 Å². The van der Waals surface area contributed by atoms with Gasteiger partial charge in [0.2, 0.25) is 11.6 Å². The van der Waals surface area contributed by atoms with Crippen molar-refractivity contribution < 1.29 is 29.1 Å². The topological polar surface area (TPSA) is 162 Å². The molecule has 12 heteroatoms. The zero-order chi connectivity index (χ0) is 23.4. The average Bonchev–Trinajstić information content (AvgIpc) is 3.18. The second-order valence-electron chi connectivity index (χ2n) is 7.87. The molecule has 0 saturated heterocycles. The first kappa shape index (κ1) is 25.4. The lowest BCUT2D eigenvalue weighted by Crippen LogP contribution is -2.63. The number of carboxylic acid groups (broad SMARTS) is 1. The Bertz CT molecular complexity index is 715. The molecule has 3 atom stereocenters. The lowest BCUT2D eigenvalue weighted by molar-refractivity contribution is -0.148. The van der Waals surface area contributed by atoms with Crippen molar-refractivity contribution >= 4 is 23.7 Å². The molecule has 2 amide bonds. The van der Waals surface area contributed by atoms with Gasteiger partial charge in [0, 0.05) is 13.0 Å². The van der Waals surface area contributed by atoms with E-state index in [0.29, 0.717) is 18.6 Å². The van der Waals surface area contributed by atoms with Crippen molar-refractivity contribution in [1.29, 1.82) is 0 Å². The number of amides is 2. The fraction of sp³-hybridized carbons (Fsp3) is 0.700. The Balaban J connectivity index is 1.69. The Hall–Kier alpha value is -2.86. The van der Waals surface area contributed by atoms with Gasteiger partial charge in [-0.25, -0.2) is 9.59 Å². The van der Waals surface area contributed by atoms with Gasteiger partial charge in [0.1, 0.15) is 12.4 Å². The van der Waals surface area contributed by atoms with E-state index < -0.39 is 23.6 Å². The lowest BCUT2D eigenvalue weighted by Gasteiger charge is -2.26. The monoisotopic (exact) mass is 454 g/mol. The van der Waals surface area contributed by atoms with Crippen LogP contribution >= 0.6 is 0 Å². The molecule has 6 N–H and O–H groups in total. The van der Waals surface area contributed by atoms with E-state index in [4.69, 9.17) is 9.57 Å². The number of nitrogens with one attached hydrogen (secondary N) is 5. The minimum Gasteiger partial charge on any atom is -0.478 e. The van der Waals surface area contributed by atoms with Gasteiger partial charge < -0.3 is 25.3 Å². The van der Waals surface area contributed by atoms with Crippen molar-refractivity contribution in [2.75, 3.05) is 19.7 Å². The molecule has 2 rings (SSSR count). The third-order valence-electron chi connectivity index (χ3n) is 4.93. The number of carboxylic acids is 1. The Morgan fingerprint density at radius 3 is 2.84 bits per heavy atom. The number of carbonyl (C=O) groups is 3. The number of carbonyl (C=O) groups excluding carboxylic acids is 2. The maximum absolute atomic E-state index is 12.4. The SMILES string of the molecule is CCCCOC(=O)NC(C)(NC(=O)CC1=NOC(CCCNC2NC=CCN2)C1)C(=O)O. The van der Waals surface area contributed by atoms with Crippen LogP contribution in [0.4, 0.5) is 4.79 Å². The van der Waals surface area contributed by atoms with E-state index in [1.54, 1.807) is 0 Å². The molecule has 0 aromatic heterocycles. The normalized spacial score (nSPS) is 21.5. The van der Waals surface area contributed by atoms with E-state index in [-0.39, 0.29) is 25.4 Å². The Labute approximate surface area is 187 Å². The third-order valence-corrected chi connectivity index (χ3v) is 4.93. The molecule has 0 aromatic carbocycles. The number of aliphatic carboxylic acids is 1. The van der Waals surface area contributed by atoms with Crippen LogP contribution in [0, 0.1) is 0 Å². The molecule has 2 aliphatic rings. The molecule has 3 unspecified atom stereocenters. The van der Waals surface area contributed by atoms with Gasteiger partial charge in [-0.05, 0) is 38.9 Å². The zero-order valence-electron chi connectivity index (χ0n) is 18.6. The number of rotatable bonds is 13. The first-order valence-electron chi connectivity index (χ1n) is 10.9. The standard InChI is InChI=1S/C20H34N6O6/c1-3-4-11-31-19(30)25-20(2,17(28)29)24-16(27)13-14-12-15(32-26-14)7-5-8-21-18-22-9-6-10-23-18/h6,9,15,18,21-23H,3-5,7-8,10-13H2,1-2H3,(H,24,27)(H,25,30)(H,28,29). The molecule has 12 nitrogen and oxygen atoms in total.